The van der Waals surface area contributed by atoms with E-state index in [-0.39, 0.29) is 17.5 Å². The molecule has 0 radical (unpaired) electrons. The van der Waals surface area contributed by atoms with Crippen molar-refractivity contribution in [2.24, 2.45) is 0 Å². The Hall–Kier alpha value is -3.06. The van der Waals surface area contributed by atoms with Crippen LogP contribution in [0.4, 0.5) is 8.78 Å². The summed E-state index contributed by atoms with van der Waals surface area (Å²) in [6, 6.07) is 11.3. The molecule has 1 aliphatic rings. The van der Waals surface area contributed by atoms with Gasteiger partial charge in [0.05, 0.1) is 24.4 Å². The fourth-order valence-corrected chi connectivity index (χ4v) is 4.12. The summed E-state index contributed by atoms with van der Waals surface area (Å²) >= 11 is 0. The van der Waals surface area contributed by atoms with Crippen LogP contribution in [0.1, 0.15) is 40.4 Å². The van der Waals surface area contributed by atoms with Gasteiger partial charge in [0.1, 0.15) is 11.6 Å². The third kappa shape index (κ3) is 4.11. The van der Waals surface area contributed by atoms with E-state index in [1.54, 1.807) is 12.1 Å². The number of carbonyl (C=O) groups excluding carboxylic acids is 1. The van der Waals surface area contributed by atoms with Gasteiger partial charge in [-0.1, -0.05) is 18.2 Å². The maximum absolute atomic E-state index is 14.3. The number of nitrogens with zero attached hydrogens (tertiary/aromatic N) is 2. The first kappa shape index (κ1) is 20.2. The van der Waals surface area contributed by atoms with Crippen molar-refractivity contribution in [1.29, 1.82) is 0 Å². The van der Waals surface area contributed by atoms with Gasteiger partial charge in [-0.15, -0.1) is 0 Å². The van der Waals surface area contributed by atoms with Gasteiger partial charge in [-0.2, -0.15) is 5.10 Å². The van der Waals surface area contributed by atoms with E-state index in [9.17, 15) is 13.6 Å². The molecular weight excluding hydrogens is 388 g/mol. The van der Waals surface area contributed by atoms with Crippen molar-refractivity contribution in [1.82, 2.24) is 15.1 Å². The molecule has 2 heterocycles. The molecule has 5 nitrogen and oxygen atoms in total. The normalized spacial score (nSPS) is 17.1. The number of methoxy groups -OCH3 is 1. The Labute approximate surface area is 173 Å². The molecule has 7 heteroatoms. The highest BCUT2D eigenvalue weighted by Gasteiger charge is 2.27. The number of H-pyrrole nitrogens is 1. The number of aromatic amines is 1. The van der Waals surface area contributed by atoms with Gasteiger partial charge < -0.3 is 4.74 Å². The van der Waals surface area contributed by atoms with E-state index >= 15 is 0 Å². The van der Waals surface area contributed by atoms with Crippen LogP contribution in [0, 0.1) is 11.6 Å². The molecule has 1 aromatic heterocycles. The SMILES string of the molecule is COC(=O)c1ccc(CN2CCCC(c3[nH]ncc3-c3c(F)cccc3F)C2)cc1. The van der Waals surface area contributed by atoms with Gasteiger partial charge in [0.25, 0.3) is 0 Å². The van der Waals surface area contributed by atoms with E-state index in [1.165, 1.54) is 31.5 Å². The number of rotatable bonds is 5. The van der Waals surface area contributed by atoms with Crippen molar-refractivity contribution in [3.8, 4) is 11.1 Å². The van der Waals surface area contributed by atoms with Gasteiger partial charge in [0.15, 0.2) is 0 Å². The lowest BCUT2D eigenvalue weighted by atomic mass is 9.90. The highest BCUT2D eigenvalue weighted by molar-refractivity contribution is 5.89. The number of aromatic nitrogens is 2. The van der Waals surface area contributed by atoms with Crippen LogP contribution in [-0.4, -0.2) is 41.3 Å². The molecule has 0 bridgehead atoms. The molecular formula is C23H23F2N3O2. The van der Waals surface area contributed by atoms with E-state index in [0.717, 1.165) is 43.7 Å². The zero-order chi connectivity index (χ0) is 21.1. The minimum atomic E-state index is -0.587. The standard InChI is InChI=1S/C23H23F2N3O2/c1-30-23(29)16-9-7-15(8-10-16)13-28-11-3-4-17(14-28)22-18(12-26-27-22)21-19(24)5-2-6-20(21)25/h2,5-10,12,17H,3-4,11,13-14H2,1H3,(H,26,27). The number of ether oxygens (including phenoxy) is 1. The van der Waals surface area contributed by atoms with Crippen molar-refractivity contribution >= 4 is 5.97 Å². The van der Waals surface area contributed by atoms with Crippen LogP contribution in [0.3, 0.4) is 0 Å². The molecule has 1 aliphatic heterocycles. The van der Waals surface area contributed by atoms with Crippen LogP contribution in [0.15, 0.2) is 48.7 Å². The van der Waals surface area contributed by atoms with Gasteiger partial charge in [0.2, 0.25) is 0 Å². The number of piperidine rings is 1. The fourth-order valence-electron chi connectivity index (χ4n) is 4.12. The molecule has 1 N–H and O–H groups in total. The minimum Gasteiger partial charge on any atom is -0.465 e. The Morgan fingerprint density at radius 2 is 1.93 bits per heavy atom. The molecule has 156 valence electrons. The number of nitrogens with one attached hydrogen (secondary N) is 1. The van der Waals surface area contributed by atoms with Gasteiger partial charge in [0, 0.05) is 30.3 Å². The number of halogens is 2. The van der Waals surface area contributed by atoms with Crippen molar-refractivity contribution in [2.45, 2.75) is 25.3 Å². The lowest BCUT2D eigenvalue weighted by molar-refractivity contribution is 0.0600. The Morgan fingerprint density at radius 1 is 1.20 bits per heavy atom. The van der Waals surface area contributed by atoms with Crippen LogP contribution in [0.25, 0.3) is 11.1 Å². The fraction of sp³-hybridized carbons (Fsp3) is 0.304. The Morgan fingerprint density at radius 3 is 2.63 bits per heavy atom. The first-order chi connectivity index (χ1) is 14.6. The Balaban J connectivity index is 1.50. The van der Waals surface area contributed by atoms with Gasteiger partial charge in [-0.3, -0.25) is 10.00 Å². The highest BCUT2D eigenvalue weighted by atomic mass is 19.1. The lowest BCUT2D eigenvalue weighted by Crippen LogP contribution is -2.34. The van der Waals surface area contributed by atoms with Crippen LogP contribution >= 0.6 is 0 Å². The van der Waals surface area contributed by atoms with Crippen LogP contribution < -0.4 is 0 Å². The second kappa shape index (κ2) is 8.75. The van der Waals surface area contributed by atoms with Crippen molar-refractivity contribution < 1.29 is 18.3 Å². The minimum absolute atomic E-state index is 0.0308. The Kier molecular flexibility index (Phi) is 5.90. The number of carbonyl (C=O) groups is 1. The summed E-state index contributed by atoms with van der Waals surface area (Å²) in [4.78, 5) is 13.9. The summed E-state index contributed by atoms with van der Waals surface area (Å²) in [7, 11) is 1.36. The average Bonchev–Trinajstić information content (AvgIpc) is 3.23. The third-order valence-electron chi connectivity index (χ3n) is 5.60. The molecule has 30 heavy (non-hydrogen) atoms. The molecule has 0 saturated carbocycles. The summed E-state index contributed by atoms with van der Waals surface area (Å²) in [5, 5.41) is 7.06. The molecule has 2 aromatic carbocycles. The molecule has 1 saturated heterocycles. The predicted octanol–water partition coefficient (Wildman–Crippen LogP) is 4.52. The van der Waals surface area contributed by atoms with Crippen LogP contribution in [-0.2, 0) is 11.3 Å². The van der Waals surface area contributed by atoms with Gasteiger partial charge in [-0.25, -0.2) is 13.6 Å². The number of likely N-dealkylation sites (tertiary alicyclic amines) is 1. The highest BCUT2D eigenvalue weighted by Crippen LogP contribution is 2.35. The number of hydrogen-bond acceptors (Lipinski definition) is 4. The zero-order valence-corrected chi connectivity index (χ0v) is 16.7. The second-order valence-corrected chi connectivity index (χ2v) is 7.56. The summed E-state index contributed by atoms with van der Waals surface area (Å²) in [5.74, 6) is -1.43. The molecule has 0 spiro atoms. The van der Waals surface area contributed by atoms with Crippen molar-refractivity contribution in [2.75, 3.05) is 20.2 Å². The smallest absolute Gasteiger partial charge is 0.337 e. The first-order valence-electron chi connectivity index (χ1n) is 9.94. The van der Waals surface area contributed by atoms with E-state index < -0.39 is 11.6 Å². The molecule has 4 rings (SSSR count). The monoisotopic (exact) mass is 411 g/mol. The Bertz CT molecular complexity index is 1010. The van der Waals surface area contributed by atoms with Crippen LogP contribution in [0.5, 0.6) is 0 Å². The number of hydrogen-bond donors (Lipinski definition) is 1. The van der Waals surface area contributed by atoms with E-state index in [0.29, 0.717) is 11.1 Å². The lowest BCUT2D eigenvalue weighted by Gasteiger charge is -2.32. The summed E-state index contributed by atoms with van der Waals surface area (Å²) in [6.07, 6.45) is 3.40. The molecule has 1 fully saturated rings. The summed E-state index contributed by atoms with van der Waals surface area (Å²) in [5.41, 5.74) is 2.83. The molecule has 3 aromatic rings. The van der Waals surface area contributed by atoms with Crippen LogP contribution in [0.2, 0.25) is 0 Å². The average molecular weight is 411 g/mol. The summed E-state index contributed by atoms with van der Waals surface area (Å²) < 4.78 is 33.4. The first-order valence-corrected chi connectivity index (χ1v) is 9.94. The molecule has 0 amide bonds. The largest absolute Gasteiger partial charge is 0.465 e. The zero-order valence-electron chi connectivity index (χ0n) is 16.7. The molecule has 1 unspecified atom stereocenters. The van der Waals surface area contributed by atoms with Crippen molar-refractivity contribution in [3.05, 3.63) is 77.1 Å². The van der Waals surface area contributed by atoms with Gasteiger partial charge in [-0.05, 0) is 49.2 Å². The maximum atomic E-state index is 14.3. The van der Waals surface area contributed by atoms with E-state index in [4.69, 9.17) is 4.74 Å². The maximum Gasteiger partial charge on any atom is 0.337 e. The second-order valence-electron chi connectivity index (χ2n) is 7.56. The third-order valence-corrected chi connectivity index (χ3v) is 5.60. The number of benzene rings is 2. The molecule has 0 aliphatic carbocycles. The van der Waals surface area contributed by atoms with E-state index in [1.807, 2.05) is 12.1 Å². The van der Waals surface area contributed by atoms with Crippen molar-refractivity contribution in [3.63, 3.8) is 0 Å². The topological polar surface area (TPSA) is 58.2 Å². The molecule has 1 atom stereocenters. The number of esters is 1. The summed E-state index contributed by atoms with van der Waals surface area (Å²) in [6.45, 7) is 2.42. The van der Waals surface area contributed by atoms with E-state index in [2.05, 4.69) is 15.1 Å². The quantitative estimate of drug-likeness (QED) is 0.627. The predicted molar refractivity (Wildman–Crippen MR) is 109 cm³/mol. The van der Waals surface area contributed by atoms with Gasteiger partial charge >= 0.3 is 5.97 Å².